The normalized spacial score (nSPS) is 10.9. The van der Waals surface area contributed by atoms with Crippen molar-refractivity contribution < 1.29 is 19.0 Å². The van der Waals surface area contributed by atoms with Crippen LogP contribution in [0.3, 0.4) is 0 Å². The van der Waals surface area contributed by atoms with Crippen molar-refractivity contribution in [2.24, 2.45) is 0 Å². The molecule has 24 heavy (non-hydrogen) atoms. The minimum Gasteiger partial charge on any atom is -0.494 e. The number of halogens is 1. The zero-order valence-corrected chi connectivity index (χ0v) is 14.6. The molecule has 2 aromatic rings. The molecule has 0 radical (unpaired) electrons. The van der Waals surface area contributed by atoms with E-state index in [-0.39, 0.29) is 18.1 Å². The standard InChI is InChI=1S/C15H19ClN4O4/c1-9-14(15(21)17-8-13(23-3)24-4)18-19-20(9)11-7-10(16)5-6-12(11)22-2/h5-7,13H,8H2,1-4H3,(H,17,21). The fraction of sp³-hybridized carbons (Fsp3) is 0.400. The maximum atomic E-state index is 12.3. The van der Waals surface area contributed by atoms with Crippen molar-refractivity contribution >= 4 is 17.5 Å². The number of amides is 1. The first-order valence-electron chi connectivity index (χ1n) is 7.11. The summed E-state index contributed by atoms with van der Waals surface area (Å²) in [6.07, 6.45) is -0.530. The number of carbonyl (C=O) groups is 1. The van der Waals surface area contributed by atoms with Crippen molar-refractivity contribution in [2.45, 2.75) is 13.2 Å². The fourth-order valence-corrected chi connectivity index (χ4v) is 2.29. The maximum Gasteiger partial charge on any atom is 0.273 e. The van der Waals surface area contributed by atoms with Crippen LogP contribution in [0.25, 0.3) is 5.69 Å². The van der Waals surface area contributed by atoms with Crippen molar-refractivity contribution in [2.75, 3.05) is 27.9 Å². The molecule has 0 saturated carbocycles. The molecule has 1 amide bonds. The van der Waals surface area contributed by atoms with Gasteiger partial charge in [0, 0.05) is 19.2 Å². The number of hydrogen-bond donors (Lipinski definition) is 1. The molecular formula is C15H19ClN4O4. The van der Waals surface area contributed by atoms with Crippen molar-refractivity contribution in [1.82, 2.24) is 20.3 Å². The van der Waals surface area contributed by atoms with Crippen LogP contribution in [0.5, 0.6) is 5.75 Å². The average molecular weight is 355 g/mol. The van der Waals surface area contributed by atoms with Gasteiger partial charge in [0.25, 0.3) is 5.91 Å². The second-order valence-corrected chi connectivity index (χ2v) is 5.30. The maximum absolute atomic E-state index is 12.3. The summed E-state index contributed by atoms with van der Waals surface area (Å²) >= 11 is 6.04. The number of nitrogens with one attached hydrogen (secondary N) is 1. The number of methoxy groups -OCH3 is 3. The zero-order chi connectivity index (χ0) is 17.7. The Morgan fingerprint density at radius 2 is 2.04 bits per heavy atom. The average Bonchev–Trinajstić information content (AvgIpc) is 2.97. The lowest BCUT2D eigenvalue weighted by Gasteiger charge is -2.13. The van der Waals surface area contributed by atoms with Gasteiger partial charge in [-0.1, -0.05) is 16.8 Å². The van der Waals surface area contributed by atoms with Gasteiger partial charge in [0.2, 0.25) is 0 Å². The molecule has 2 rings (SSSR count). The second kappa shape index (κ2) is 8.09. The fourth-order valence-electron chi connectivity index (χ4n) is 2.12. The van der Waals surface area contributed by atoms with Gasteiger partial charge in [-0.05, 0) is 25.1 Å². The number of nitrogens with zero attached hydrogens (tertiary/aromatic N) is 3. The first-order chi connectivity index (χ1) is 11.5. The molecule has 0 spiro atoms. The highest BCUT2D eigenvalue weighted by Crippen LogP contribution is 2.27. The van der Waals surface area contributed by atoms with E-state index >= 15 is 0 Å². The van der Waals surface area contributed by atoms with Crippen LogP contribution in [0.4, 0.5) is 0 Å². The van der Waals surface area contributed by atoms with E-state index in [1.165, 1.54) is 18.9 Å². The third kappa shape index (κ3) is 3.84. The molecule has 0 aliphatic rings. The van der Waals surface area contributed by atoms with E-state index in [9.17, 15) is 4.79 Å². The molecule has 0 saturated heterocycles. The van der Waals surface area contributed by atoms with Gasteiger partial charge in [0.1, 0.15) is 11.4 Å². The Hall–Kier alpha value is -2.16. The third-order valence-electron chi connectivity index (χ3n) is 3.43. The molecule has 9 heteroatoms. The van der Waals surface area contributed by atoms with Crippen LogP contribution in [-0.2, 0) is 9.47 Å². The second-order valence-electron chi connectivity index (χ2n) is 4.86. The zero-order valence-electron chi connectivity index (χ0n) is 13.9. The van der Waals surface area contributed by atoms with Crippen molar-refractivity contribution in [3.63, 3.8) is 0 Å². The molecule has 0 atom stereocenters. The highest BCUT2D eigenvalue weighted by atomic mass is 35.5. The summed E-state index contributed by atoms with van der Waals surface area (Å²) in [6, 6.07) is 5.12. The first-order valence-corrected chi connectivity index (χ1v) is 7.49. The summed E-state index contributed by atoms with van der Waals surface area (Å²) in [5.41, 5.74) is 1.35. The lowest BCUT2D eigenvalue weighted by molar-refractivity contribution is -0.0974. The number of benzene rings is 1. The summed E-state index contributed by atoms with van der Waals surface area (Å²) in [5, 5.41) is 11.2. The van der Waals surface area contributed by atoms with Gasteiger partial charge >= 0.3 is 0 Å². The van der Waals surface area contributed by atoms with E-state index in [2.05, 4.69) is 15.6 Å². The van der Waals surface area contributed by atoms with Crippen LogP contribution in [0.2, 0.25) is 5.02 Å². The van der Waals surface area contributed by atoms with Gasteiger partial charge in [0.05, 0.1) is 19.3 Å². The molecule has 0 aliphatic heterocycles. The summed E-state index contributed by atoms with van der Waals surface area (Å²) in [4.78, 5) is 12.3. The Bertz CT molecular complexity index is 715. The molecule has 8 nitrogen and oxygen atoms in total. The highest BCUT2D eigenvalue weighted by molar-refractivity contribution is 6.30. The van der Waals surface area contributed by atoms with E-state index in [4.69, 9.17) is 25.8 Å². The summed E-state index contributed by atoms with van der Waals surface area (Å²) in [6.45, 7) is 1.93. The van der Waals surface area contributed by atoms with Crippen LogP contribution >= 0.6 is 11.6 Å². The largest absolute Gasteiger partial charge is 0.494 e. The quantitative estimate of drug-likeness (QED) is 0.760. The molecule has 0 fully saturated rings. The minimum atomic E-state index is -0.530. The Balaban J connectivity index is 2.25. The Morgan fingerprint density at radius 3 is 2.67 bits per heavy atom. The molecule has 1 heterocycles. The monoisotopic (exact) mass is 354 g/mol. The van der Waals surface area contributed by atoms with E-state index < -0.39 is 6.29 Å². The molecule has 1 N–H and O–H groups in total. The van der Waals surface area contributed by atoms with E-state index in [1.54, 1.807) is 32.2 Å². The van der Waals surface area contributed by atoms with Gasteiger partial charge in [-0.15, -0.1) is 5.10 Å². The van der Waals surface area contributed by atoms with Crippen LogP contribution in [0.15, 0.2) is 18.2 Å². The molecule has 1 aromatic carbocycles. The van der Waals surface area contributed by atoms with Gasteiger partial charge in [0.15, 0.2) is 12.0 Å². The lowest BCUT2D eigenvalue weighted by atomic mass is 10.2. The Morgan fingerprint density at radius 1 is 1.33 bits per heavy atom. The van der Waals surface area contributed by atoms with E-state index in [1.807, 2.05) is 0 Å². The van der Waals surface area contributed by atoms with E-state index in [0.29, 0.717) is 22.2 Å². The van der Waals surface area contributed by atoms with Gasteiger partial charge in [-0.25, -0.2) is 4.68 Å². The van der Waals surface area contributed by atoms with Gasteiger partial charge < -0.3 is 19.5 Å². The molecule has 1 aromatic heterocycles. The summed E-state index contributed by atoms with van der Waals surface area (Å²) in [5.74, 6) is 0.192. The van der Waals surface area contributed by atoms with Gasteiger partial charge in [-0.3, -0.25) is 4.79 Å². The van der Waals surface area contributed by atoms with Crippen molar-refractivity contribution in [3.05, 3.63) is 34.6 Å². The lowest BCUT2D eigenvalue weighted by Crippen LogP contribution is -2.34. The third-order valence-corrected chi connectivity index (χ3v) is 3.67. The summed E-state index contributed by atoms with van der Waals surface area (Å²) < 4.78 is 16.9. The predicted octanol–water partition coefficient (Wildman–Crippen LogP) is 1.59. The van der Waals surface area contributed by atoms with Crippen molar-refractivity contribution in [3.8, 4) is 11.4 Å². The SMILES string of the molecule is COc1ccc(Cl)cc1-n1nnc(C(=O)NCC(OC)OC)c1C. The number of rotatable bonds is 7. The topological polar surface area (TPSA) is 87.5 Å². The summed E-state index contributed by atoms with van der Waals surface area (Å²) in [7, 11) is 4.53. The molecule has 0 bridgehead atoms. The van der Waals surface area contributed by atoms with Crippen LogP contribution in [0.1, 0.15) is 16.2 Å². The molecule has 0 unspecified atom stereocenters. The van der Waals surface area contributed by atoms with E-state index in [0.717, 1.165) is 0 Å². The van der Waals surface area contributed by atoms with Crippen LogP contribution < -0.4 is 10.1 Å². The van der Waals surface area contributed by atoms with Crippen molar-refractivity contribution in [1.29, 1.82) is 0 Å². The van der Waals surface area contributed by atoms with Gasteiger partial charge in [-0.2, -0.15) is 0 Å². The van der Waals surface area contributed by atoms with Crippen LogP contribution in [-0.4, -0.2) is 55.1 Å². The number of hydrogen-bond acceptors (Lipinski definition) is 6. The predicted molar refractivity (Wildman–Crippen MR) is 87.8 cm³/mol. The van der Waals surface area contributed by atoms with Crippen LogP contribution in [0, 0.1) is 6.92 Å². The molecular weight excluding hydrogens is 336 g/mol. The first kappa shape index (κ1) is 18.2. The number of ether oxygens (including phenoxy) is 3. The highest BCUT2D eigenvalue weighted by Gasteiger charge is 2.20. The smallest absolute Gasteiger partial charge is 0.273 e. The number of carbonyl (C=O) groups excluding carboxylic acids is 1. The molecule has 0 aliphatic carbocycles. The number of aromatic nitrogens is 3. The minimum absolute atomic E-state index is 0.193. The molecule has 130 valence electrons. The Labute approximate surface area is 144 Å². The Kier molecular flexibility index (Phi) is 6.13.